The Morgan fingerprint density at radius 3 is 2.45 bits per heavy atom. The van der Waals surface area contributed by atoms with Gasteiger partial charge < -0.3 is 30.3 Å². The molecule has 2 aromatic carbocycles. The summed E-state index contributed by atoms with van der Waals surface area (Å²) in [5, 5.41) is 6.80. The van der Waals surface area contributed by atoms with Crippen LogP contribution in [-0.4, -0.2) is 39.2 Å². The highest BCUT2D eigenvalue weighted by Crippen LogP contribution is 2.34. The van der Waals surface area contributed by atoms with E-state index in [1.807, 2.05) is 7.05 Å². The van der Waals surface area contributed by atoms with Gasteiger partial charge in [0.1, 0.15) is 5.82 Å². The van der Waals surface area contributed by atoms with E-state index in [0.29, 0.717) is 17.6 Å². The predicted molar refractivity (Wildman–Crippen MR) is 107 cm³/mol. The normalized spacial score (nSPS) is 13.5. The van der Waals surface area contributed by atoms with Crippen molar-refractivity contribution in [2.45, 2.75) is 13.0 Å². The minimum atomic E-state index is -4.64. The van der Waals surface area contributed by atoms with Crippen molar-refractivity contribution >= 4 is 24.6 Å². The number of halogens is 1. The van der Waals surface area contributed by atoms with Crippen LogP contribution >= 0.6 is 7.82 Å². The average Bonchev–Trinajstić information content (AvgIpc) is 2.89. The Kier molecular flexibility index (Phi) is 6.16. The molecule has 0 radical (unpaired) electrons. The summed E-state index contributed by atoms with van der Waals surface area (Å²) in [6.45, 7) is 1.36. The Labute approximate surface area is 166 Å². The molecule has 0 spiro atoms. The van der Waals surface area contributed by atoms with Crippen molar-refractivity contribution < 1.29 is 28.4 Å². The van der Waals surface area contributed by atoms with E-state index < -0.39 is 13.6 Å². The highest BCUT2D eigenvalue weighted by Gasteiger charge is 2.23. The molecule has 29 heavy (non-hydrogen) atoms. The highest BCUT2D eigenvalue weighted by molar-refractivity contribution is 7.45. The number of nitrogens with one attached hydrogen (secondary N) is 3. The summed E-state index contributed by atoms with van der Waals surface area (Å²) in [5.41, 5.74) is 5.36. The molecule has 2 heterocycles. The van der Waals surface area contributed by atoms with Gasteiger partial charge in [-0.3, -0.25) is 4.79 Å². The van der Waals surface area contributed by atoms with Crippen molar-refractivity contribution in [3.05, 3.63) is 58.9 Å². The van der Waals surface area contributed by atoms with Gasteiger partial charge in [-0.1, -0.05) is 24.3 Å². The zero-order valence-electron chi connectivity index (χ0n) is 15.6. The topological polar surface area (TPSA) is 135 Å². The van der Waals surface area contributed by atoms with Crippen LogP contribution in [0.25, 0.3) is 22.2 Å². The molecule has 0 unspecified atom stereocenters. The lowest BCUT2D eigenvalue weighted by Crippen LogP contribution is -2.23. The molecule has 1 aromatic heterocycles. The Morgan fingerprint density at radius 1 is 1.17 bits per heavy atom. The Bertz CT molecular complexity index is 1080. The first kappa shape index (κ1) is 21.2. The lowest BCUT2D eigenvalue weighted by atomic mass is 9.99. The number of carbonyl (C=O) groups excluding carboxylic acids is 1. The second-order valence-electron chi connectivity index (χ2n) is 6.60. The van der Waals surface area contributed by atoms with Gasteiger partial charge >= 0.3 is 7.82 Å². The predicted octanol–water partition coefficient (Wildman–Crippen LogP) is 2.05. The molecule has 0 bridgehead atoms. The van der Waals surface area contributed by atoms with Gasteiger partial charge in [0.2, 0.25) is 0 Å². The molecule has 0 fully saturated rings. The highest BCUT2D eigenvalue weighted by atomic mass is 31.2. The molecule has 0 atom stereocenters. The smallest absolute Gasteiger partial charge is 0.354 e. The van der Waals surface area contributed by atoms with E-state index >= 15 is 0 Å². The van der Waals surface area contributed by atoms with Crippen molar-refractivity contribution in [3.63, 3.8) is 0 Å². The Balaban J connectivity index is 0.000000431. The maximum Gasteiger partial charge on any atom is 0.466 e. The molecule has 1 aliphatic rings. The summed E-state index contributed by atoms with van der Waals surface area (Å²) >= 11 is 0. The van der Waals surface area contributed by atoms with Crippen molar-refractivity contribution in [2.24, 2.45) is 0 Å². The summed E-state index contributed by atoms with van der Waals surface area (Å²) in [6, 6.07) is 11.0. The van der Waals surface area contributed by atoms with Crippen LogP contribution in [0.2, 0.25) is 0 Å². The molecular weight excluding hydrogens is 400 g/mol. The largest absolute Gasteiger partial charge is 0.466 e. The van der Waals surface area contributed by atoms with Crippen LogP contribution in [0, 0.1) is 5.82 Å². The van der Waals surface area contributed by atoms with E-state index in [9.17, 15) is 9.18 Å². The van der Waals surface area contributed by atoms with Gasteiger partial charge in [-0.15, -0.1) is 0 Å². The molecule has 154 valence electrons. The summed E-state index contributed by atoms with van der Waals surface area (Å²) < 4.78 is 22.8. The van der Waals surface area contributed by atoms with Gasteiger partial charge in [0.15, 0.2) is 0 Å². The minimum Gasteiger partial charge on any atom is -0.354 e. The van der Waals surface area contributed by atoms with Crippen LogP contribution < -0.4 is 10.6 Å². The van der Waals surface area contributed by atoms with E-state index in [1.54, 1.807) is 0 Å². The standard InChI is InChI=1S/C19H18FN3O.H3O4P/c1-21-10-11-2-4-12(5-3-11)18-14-6-7-22-19(24)15-8-13(20)9-16(23-18)17(14)15;1-5(2,3)4/h2-5,8-9,21,23H,6-7,10H2,1H3,(H,22,24);(H3,1,2,3,4). The summed E-state index contributed by atoms with van der Waals surface area (Å²) in [5.74, 6) is -0.619. The quantitative estimate of drug-likeness (QED) is 0.359. The molecule has 4 rings (SSSR count). The SMILES string of the molecule is CNCc1ccc(-c2[nH]c3cc(F)cc4c3c2CCNC4=O)cc1.O=P(O)(O)O. The zero-order valence-corrected chi connectivity index (χ0v) is 16.5. The number of phosphoric acid groups is 1. The van der Waals surface area contributed by atoms with Gasteiger partial charge in [-0.05, 0) is 42.3 Å². The third-order valence-corrected chi connectivity index (χ3v) is 4.50. The molecule has 0 saturated heterocycles. The van der Waals surface area contributed by atoms with Gasteiger partial charge in [0.05, 0.1) is 5.56 Å². The zero-order chi connectivity index (χ0) is 21.2. The molecule has 6 N–H and O–H groups in total. The van der Waals surface area contributed by atoms with Crippen LogP contribution in [0.5, 0.6) is 0 Å². The van der Waals surface area contributed by atoms with Crippen molar-refractivity contribution in [1.29, 1.82) is 0 Å². The third-order valence-electron chi connectivity index (χ3n) is 4.50. The number of hydrogen-bond acceptors (Lipinski definition) is 3. The van der Waals surface area contributed by atoms with Crippen LogP contribution in [0.3, 0.4) is 0 Å². The Morgan fingerprint density at radius 2 is 1.83 bits per heavy atom. The van der Waals surface area contributed by atoms with E-state index in [0.717, 1.165) is 35.2 Å². The minimum absolute atomic E-state index is 0.215. The molecule has 10 heteroatoms. The van der Waals surface area contributed by atoms with E-state index in [4.69, 9.17) is 19.2 Å². The fourth-order valence-corrected chi connectivity index (χ4v) is 3.43. The molecule has 8 nitrogen and oxygen atoms in total. The van der Waals surface area contributed by atoms with Crippen molar-refractivity contribution in [2.75, 3.05) is 13.6 Å². The number of amides is 1. The van der Waals surface area contributed by atoms with Gasteiger partial charge in [0, 0.05) is 29.7 Å². The van der Waals surface area contributed by atoms with E-state index in [2.05, 4.69) is 39.9 Å². The number of H-pyrrole nitrogens is 1. The fraction of sp³-hybridized carbons (Fsp3) is 0.211. The van der Waals surface area contributed by atoms with Crippen molar-refractivity contribution in [3.8, 4) is 11.3 Å². The molecule has 0 saturated carbocycles. The second-order valence-corrected chi connectivity index (χ2v) is 7.63. The first-order valence-corrected chi connectivity index (χ1v) is 10.4. The fourth-order valence-electron chi connectivity index (χ4n) is 3.43. The van der Waals surface area contributed by atoms with Crippen LogP contribution in [-0.2, 0) is 17.5 Å². The first-order valence-electron chi connectivity index (χ1n) is 8.82. The summed E-state index contributed by atoms with van der Waals surface area (Å²) in [7, 11) is -2.72. The van der Waals surface area contributed by atoms with Crippen LogP contribution in [0.15, 0.2) is 36.4 Å². The van der Waals surface area contributed by atoms with Gasteiger partial charge in [-0.2, -0.15) is 0 Å². The maximum atomic E-state index is 13.9. The lowest BCUT2D eigenvalue weighted by Gasteiger charge is -2.06. The van der Waals surface area contributed by atoms with Gasteiger partial charge in [-0.25, -0.2) is 8.96 Å². The number of benzene rings is 2. The first-order chi connectivity index (χ1) is 13.7. The monoisotopic (exact) mass is 421 g/mol. The lowest BCUT2D eigenvalue weighted by molar-refractivity contribution is 0.0956. The number of rotatable bonds is 3. The molecular formula is C19H21FN3O5P. The number of hydrogen-bond donors (Lipinski definition) is 6. The maximum absolute atomic E-state index is 13.9. The second kappa shape index (κ2) is 8.44. The summed E-state index contributed by atoms with van der Waals surface area (Å²) in [6.07, 6.45) is 0.720. The third kappa shape index (κ3) is 5.09. The van der Waals surface area contributed by atoms with Crippen LogP contribution in [0.4, 0.5) is 4.39 Å². The number of aromatic amines is 1. The molecule has 3 aromatic rings. The number of carbonyl (C=O) groups is 1. The summed E-state index contributed by atoms with van der Waals surface area (Å²) in [4.78, 5) is 37.1. The van der Waals surface area contributed by atoms with E-state index in [1.165, 1.54) is 17.7 Å². The van der Waals surface area contributed by atoms with Gasteiger partial charge in [0.25, 0.3) is 5.91 Å². The van der Waals surface area contributed by atoms with Crippen LogP contribution in [0.1, 0.15) is 21.5 Å². The number of aromatic nitrogens is 1. The molecule has 0 aliphatic carbocycles. The van der Waals surface area contributed by atoms with Crippen molar-refractivity contribution in [1.82, 2.24) is 15.6 Å². The Hall–Kier alpha value is -2.55. The molecule has 1 amide bonds. The van der Waals surface area contributed by atoms with E-state index in [-0.39, 0.29) is 5.91 Å². The molecule has 1 aliphatic heterocycles. The average molecular weight is 421 g/mol.